The fourth-order valence-electron chi connectivity index (χ4n) is 1.85. The van der Waals surface area contributed by atoms with Gasteiger partial charge in [0.15, 0.2) is 0 Å². The molecular weight excluding hydrogens is 210 g/mol. The molecule has 5 heteroatoms. The lowest BCUT2D eigenvalue weighted by molar-refractivity contribution is -0.137. The molecule has 1 fully saturated rings. The minimum absolute atomic E-state index is 0.199. The molecule has 1 rings (SSSR count). The number of esters is 1. The Balaban J connectivity index is 2.66. The molecule has 1 saturated heterocycles. The van der Waals surface area contributed by atoms with Crippen molar-refractivity contribution in [2.45, 2.75) is 31.7 Å². The second-order valence-corrected chi connectivity index (χ2v) is 3.83. The molecule has 0 amide bonds. The van der Waals surface area contributed by atoms with Crippen molar-refractivity contribution < 1.29 is 19.4 Å². The van der Waals surface area contributed by atoms with Crippen molar-refractivity contribution in [1.82, 2.24) is 5.32 Å². The second-order valence-electron chi connectivity index (χ2n) is 3.83. The van der Waals surface area contributed by atoms with E-state index in [0.717, 1.165) is 25.8 Å². The van der Waals surface area contributed by atoms with Crippen molar-refractivity contribution >= 4 is 5.97 Å². The zero-order valence-electron chi connectivity index (χ0n) is 9.78. The third kappa shape index (κ3) is 3.41. The maximum Gasteiger partial charge on any atom is 0.341 e. The summed E-state index contributed by atoms with van der Waals surface area (Å²) in [5.74, 6) is -0.883. The summed E-state index contributed by atoms with van der Waals surface area (Å²) in [4.78, 5) is 11.4. The summed E-state index contributed by atoms with van der Waals surface area (Å²) in [7, 11) is 2.62. The first-order valence-corrected chi connectivity index (χ1v) is 5.46. The maximum atomic E-state index is 11.4. The van der Waals surface area contributed by atoms with Crippen molar-refractivity contribution in [3.63, 3.8) is 0 Å². The molecule has 92 valence electrons. The van der Waals surface area contributed by atoms with E-state index >= 15 is 0 Å². The topological polar surface area (TPSA) is 67.8 Å². The minimum atomic E-state index is -0.535. The Morgan fingerprint density at radius 1 is 1.38 bits per heavy atom. The molecule has 1 aliphatic heterocycles. The first-order chi connectivity index (χ1) is 7.69. The molecule has 5 nitrogen and oxygen atoms in total. The highest BCUT2D eigenvalue weighted by molar-refractivity contribution is 5.88. The van der Waals surface area contributed by atoms with E-state index in [4.69, 9.17) is 0 Å². The summed E-state index contributed by atoms with van der Waals surface area (Å²) in [6.07, 6.45) is 3.73. The van der Waals surface area contributed by atoms with E-state index in [1.807, 2.05) is 0 Å². The smallest absolute Gasteiger partial charge is 0.341 e. The molecule has 16 heavy (non-hydrogen) atoms. The standard InChI is InChI=1S/C11H19NO4/c1-15-10(13)9(11(14)16-2)7-8-5-3-4-6-12-8/h8,12-13H,3-7H2,1-2H3/b10-9-. The number of carbonyl (C=O) groups is 1. The fourth-order valence-corrected chi connectivity index (χ4v) is 1.85. The van der Waals surface area contributed by atoms with Crippen LogP contribution in [0.2, 0.25) is 0 Å². The highest BCUT2D eigenvalue weighted by atomic mass is 16.6. The van der Waals surface area contributed by atoms with Crippen LogP contribution in [0.25, 0.3) is 0 Å². The van der Waals surface area contributed by atoms with Gasteiger partial charge in [0, 0.05) is 12.5 Å². The van der Waals surface area contributed by atoms with Gasteiger partial charge in [0.05, 0.1) is 14.2 Å². The summed E-state index contributed by atoms with van der Waals surface area (Å²) in [5, 5.41) is 12.8. The van der Waals surface area contributed by atoms with E-state index in [9.17, 15) is 9.90 Å². The number of hydrogen-bond donors (Lipinski definition) is 2. The van der Waals surface area contributed by atoms with Gasteiger partial charge in [-0.15, -0.1) is 0 Å². The van der Waals surface area contributed by atoms with Gasteiger partial charge >= 0.3 is 5.97 Å². The number of ether oxygens (including phenoxy) is 2. The number of aliphatic hydroxyl groups excluding tert-OH is 1. The lowest BCUT2D eigenvalue weighted by Gasteiger charge is -2.23. The van der Waals surface area contributed by atoms with Crippen molar-refractivity contribution in [2.75, 3.05) is 20.8 Å². The second kappa shape index (κ2) is 6.37. The van der Waals surface area contributed by atoms with Crippen LogP contribution in [-0.2, 0) is 14.3 Å². The Morgan fingerprint density at radius 2 is 2.12 bits per heavy atom. The molecular formula is C11H19NO4. The highest BCUT2D eigenvalue weighted by Gasteiger charge is 2.23. The van der Waals surface area contributed by atoms with E-state index < -0.39 is 5.97 Å². The number of methoxy groups -OCH3 is 2. The molecule has 2 N–H and O–H groups in total. The fraction of sp³-hybridized carbons (Fsp3) is 0.727. The molecule has 0 spiro atoms. The molecule has 1 heterocycles. The number of hydrogen-bond acceptors (Lipinski definition) is 5. The Labute approximate surface area is 95.4 Å². The third-order valence-electron chi connectivity index (χ3n) is 2.75. The summed E-state index contributed by atoms with van der Waals surface area (Å²) < 4.78 is 9.30. The SMILES string of the molecule is COC(=O)/C(CC1CCCCN1)=C(/O)OC. The Bertz CT molecular complexity index is 269. The zero-order valence-corrected chi connectivity index (χ0v) is 9.78. The van der Waals surface area contributed by atoms with E-state index in [-0.39, 0.29) is 17.6 Å². The monoisotopic (exact) mass is 229 g/mol. The molecule has 0 radical (unpaired) electrons. The minimum Gasteiger partial charge on any atom is -0.481 e. The van der Waals surface area contributed by atoms with Crippen molar-refractivity contribution in [2.24, 2.45) is 0 Å². The number of carbonyl (C=O) groups excluding carboxylic acids is 1. The molecule has 0 aromatic heterocycles. The number of nitrogens with one attached hydrogen (secondary N) is 1. The average Bonchev–Trinajstić information content (AvgIpc) is 2.35. The molecule has 0 aromatic rings. The Hall–Kier alpha value is -1.23. The molecule has 1 unspecified atom stereocenters. The molecule has 0 bridgehead atoms. The molecule has 0 aliphatic carbocycles. The largest absolute Gasteiger partial charge is 0.481 e. The number of rotatable bonds is 4. The molecule has 0 saturated carbocycles. The van der Waals surface area contributed by atoms with Gasteiger partial charge in [0.1, 0.15) is 5.57 Å². The normalized spacial score (nSPS) is 22.2. The maximum absolute atomic E-state index is 11.4. The van der Waals surface area contributed by atoms with Gasteiger partial charge < -0.3 is 19.9 Å². The first-order valence-electron chi connectivity index (χ1n) is 5.46. The van der Waals surface area contributed by atoms with Crippen LogP contribution in [0, 0.1) is 0 Å². The quantitative estimate of drug-likeness (QED) is 0.429. The Kier molecular flexibility index (Phi) is 5.11. The lowest BCUT2D eigenvalue weighted by Crippen LogP contribution is -2.35. The molecule has 1 atom stereocenters. The third-order valence-corrected chi connectivity index (χ3v) is 2.75. The van der Waals surface area contributed by atoms with Crippen LogP contribution in [0.15, 0.2) is 11.5 Å². The molecule has 0 aromatic carbocycles. The van der Waals surface area contributed by atoms with Crippen molar-refractivity contribution in [3.05, 3.63) is 11.5 Å². The van der Waals surface area contributed by atoms with Gasteiger partial charge in [-0.2, -0.15) is 0 Å². The Morgan fingerprint density at radius 3 is 2.62 bits per heavy atom. The van der Waals surface area contributed by atoms with E-state index in [2.05, 4.69) is 14.8 Å². The van der Waals surface area contributed by atoms with Crippen LogP contribution in [0.1, 0.15) is 25.7 Å². The van der Waals surface area contributed by atoms with Gasteiger partial charge in [-0.25, -0.2) is 4.79 Å². The predicted molar refractivity (Wildman–Crippen MR) is 58.9 cm³/mol. The van der Waals surface area contributed by atoms with Crippen molar-refractivity contribution in [3.8, 4) is 0 Å². The van der Waals surface area contributed by atoms with E-state index in [1.165, 1.54) is 14.2 Å². The van der Waals surface area contributed by atoms with Crippen molar-refractivity contribution in [1.29, 1.82) is 0 Å². The zero-order chi connectivity index (χ0) is 12.0. The first kappa shape index (κ1) is 12.8. The summed E-state index contributed by atoms with van der Waals surface area (Å²) in [6.45, 7) is 0.951. The highest BCUT2D eigenvalue weighted by Crippen LogP contribution is 2.18. The lowest BCUT2D eigenvalue weighted by atomic mass is 9.98. The van der Waals surface area contributed by atoms with Crippen LogP contribution in [0.5, 0.6) is 0 Å². The van der Waals surface area contributed by atoms with Gasteiger partial charge in [-0.05, 0) is 19.4 Å². The van der Waals surface area contributed by atoms with E-state index in [1.54, 1.807) is 0 Å². The van der Waals surface area contributed by atoms with E-state index in [0.29, 0.717) is 6.42 Å². The number of aliphatic hydroxyl groups is 1. The molecule has 1 aliphatic rings. The van der Waals surface area contributed by atoms with Gasteiger partial charge in [-0.3, -0.25) is 0 Å². The van der Waals surface area contributed by atoms with Crippen LogP contribution in [-0.4, -0.2) is 37.9 Å². The predicted octanol–water partition coefficient (Wildman–Crippen LogP) is 1.11. The summed E-state index contributed by atoms with van der Waals surface area (Å²) in [6, 6.07) is 0.208. The van der Waals surface area contributed by atoms with Crippen LogP contribution >= 0.6 is 0 Å². The number of piperidine rings is 1. The van der Waals surface area contributed by atoms with Gasteiger partial charge in [0.2, 0.25) is 0 Å². The average molecular weight is 229 g/mol. The van der Waals surface area contributed by atoms with Crippen LogP contribution < -0.4 is 5.32 Å². The van der Waals surface area contributed by atoms with Crippen LogP contribution in [0.4, 0.5) is 0 Å². The summed E-state index contributed by atoms with van der Waals surface area (Å²) >= 11 is 0. The van der Waals surface area contributed by atoms with Gasteiger partial charge in [0.25, 0.3) is 5.95 Å². The van der Waals surface area contributed by atoms with Crippen LogP contribution in [0.3, 0.4) is 0 Å². The summed E-state index contributed by atoms with van der Waals surface area (Å²) in [5.41, 5.74) is 0.199. The van der Waals surface area contributed by atoms with Gasteiger partial charge in [-0.1, -0.05) is 6.42 Å².